The Morgan fingerprint density at radius 3 is 1.88 bits per heavy atom. The summed E-state index contributed by atoms with van der Waals surface area (Å²) in [7, 11) is 0. The molecule has 1 atom stereocenters. The molecule has 3 aromatic rings. The molecular formula is C23H24O2. The molecule has 0 bridgehead atoms. The normalized spacial score (nSPS) is 13.0. The van der Waals surface area contributed by atoms with E-state index in [1.54, 1.807) is 6.92 Å². The smallest absolute Gasteiger partial charge is 0.333 e. The molecule has 0 aliphatic carbocycles. The lowest BCUT2D eigenvalue weighted by atomic mass is 9.80. The third-order valence-corrected chi connectivity index (χ3v) is 4.44. The van der Waals surface area contributed by atoms with Crippen LogP contribution in [0.2, 0.25) is 0 Å². The molecule has 0 saturated heterocycles. The van der Waals surface area contributed by atoms with Crippen LogP contribution in [0.25, 0.3) is 21.5 Å². The van der Waals surface area contributed by atoms with Crippen molar-refractivity contribution in [2.75, 3.05) is 0 Å². The van der Waals surface area contributed by atoms with Crippen LogP contribution in [-0.4, -0.2) is 5.97 Å². The maximum atomic E-state index is 12.3. The van der Waals surface area contributed by atoms with Gasteiger partial charge in [-0.15, -0.1) is 0 Å². The maximum Gasteiger partial charge on any atom is 0.333 e. The van der Waals surface area contributed by atoms with Crippen LogP contribution in [0.5, 0.6) is 0 Å². The fraction of sp³-hybridized carbons (Fsp3) is 0.261. The van der Waals surface area contributed by atoms with Crippen LogP contribution < -0.4 is 0 Å². The fourth-order valence-electron chi connectivity index (χ4n) is 3.21. The van der Waals surface area contributed by atoms with E-state index in [1.807, 2.05) is 24.3 Å². The first-order chi connectivity index (χ1) is 11.8. The predicted octanol–water partition coefficient (Wildman–Crippen LogP) is 6.20. The van der Waals surface area contributed by atoms with E-state index in [0.29, 0.717) is 5.57 Å². The summed E-state index contributed by atoms with van der Waals surface area (Å²) in [6.07, 6.45) is -0.368. The van der Waals surface area contributed by atoms with E-state index in [1.165, 1.54) is 0 Å². The SMILES string of the molecule is C=C(C)C(=O)OC(c1c2ccccc2cc2ccccc12)C(C)(C)C. The van der Waals surface area contributed by atoms with E-state index in [9.17, 15) is 4.79 Å². The number of ether oxygens (including phenoxy) is 1. The molecule has 3 rings (SSSR count). The zero-order valence-electron chi connectivity index (χ0n) is 15.3. The highest BCUT2D eigenvalue weighted by Gasteiger charge is 2.32. The highest BCUT2D eigenvalue weighted by atomic mass is 16.5. The quantitative estimate of drug-likeness (QED) is 0.324. The number of fused-ring (bicyclic) bond motifs is 2. The minimum Gasteiger partial charge on any atom is -0.454 e. The van der Waals surface area contributed by atoms with Crippen LogP contribution >= 0.6 is 0 Å². The Bertz CT molecular complexity index is 907. The number of hydrogen-bond donors (Lipinski definition) is 0. The molecule has 0 saturated carbocycles. The molecule has 0 aromatic heterocycles. The Hall–Kier alpha value is -2.61. The van der Waals surface area contributed by atoms with Crippen molar-refractivity contribution in [3.63, 3.8) is 0 Å². The molecule has 2 nitrogen and oxygen atoms in total. The fourth-order valence-corrected chi connectivity index (χ4v) is 3.21. The number of carbonyl (C=O) groups excluding carboxylic acids is 1. The van der Waals surface area contributed by atoms with Crippen molar-refractivity contribution >= 4 is 27.5 Å². The number of benzene rings is 3. The Morgan fingerprint density at radius 1 is 0.960 bits per heavy atom. The summed E-state index contributed by atoms with van der Waals surface area (Å²) in [5.74, 6) is -0.350. The largest absolute Gasteiger partial charge is 0.454 e. The third kappa shape index (κ3) is 3.30. The van der Waals surface area contributed by atoms with Gasteiger partial charge >= 0.3 is 5.97 Å². The lowest BCUT2D eigenvalue weighted by Crippen LogP contribution is -2.25. The Balaban J connectivity index is 2.34. The molecule has 0 aliphatic heterocycles. The van der Waals surface area contributed by atoms with Crippen LogP contribution in [0, 0.1) is 5.41 Å². The van der Waals surface area contributed by atoms with Crippen molar-refractivity contribution in [1.29, 1.82) is 0 Å². The summed E-state index contributed by atoms with van der Waals surface area (Å²) in [5, 5.41) is 4.54. The maximum absolute atomic E-state index is 12.3. The predicted molar refractivity (Wildman–Crippen MR) is 105 cm³/mol. The first kappa shape index (κ1) is 17.2. The van der Waals surface area contributed by atoms with E-state index >= 15 is 0 Å². The summed E-state index contributed by atoms with van der Waals surface area (Å²) >= 11 is 0. The van der Waals surface area contributed by atoms with E-state index in [4.69, 9.17) is 4.74 Å². The van der Waals surface area contributed by atoms with Gasteiger partial charge in [0.25, 0.3) is 0 Å². The second kappa shape index (κ2) is 6.36. The molecule has 0 spiro atoms. The Morgan fingerprint density at radius 2 is 1.44 bits per heavy atom. The molecule has 1 unspecified atom stereocenters. The van der Waals surface area contributed by atoms with Gasteiger partial charge < -0.3 is 4.74 Å². The van der Waals surface area contributed by atoms with Crippen molar-refractivity contribution in [3.05, 3.63) is 72.3 Å². The zero-order chi connectivity index (χ0) is 18.2. The number of carbonyl (C=O) groups is 1. The van der Waals surface area contributed by atoms with Gasteiger partial charge in [0.05, 0.1) is 0 Å². The van der Waals surface area contributed by atoms with Gasteiger partial charge in [0.1, 0.15) is 6.10 Å². The van der Waals surface area contributed by atoms with Crippen molar-refractivity contribution < 1.29 is 9.53 Å². The van der Waals surface area contributed by atoms with Gasteiger partial charge in [0.2, 0.25) is 0 Å². The van der Waals surface area contributed by atoms with E-state index < -0.39 is 0 Å². The molecule has 0 N–H and O–H groups in total. The molecule has 0 radical (unpaired) electrons. The van der Waals surface area contributed by atoms with Crippen molar-refractivity contribution in [2.24, 2.45) is 5.41 Å². The second-order valence-corrected chi connectivity index (χ2v) is 7.66. The molecule has 2 heteroatoms. The van der Waals surface area contributed by atoms with E-state index in [0.717, 1.165) is 27.1 Å². The van der Waals surface area contributed by atoms with Crippen LogP contribution in [0.1, 0.15) is 39.4 Å². The summed E-state index contributed by atoms with van der Waals surface area (Å²) in [5.41, 5.74) is 1.23. The van der Waals surface area contributed by atoms with Gasteiger partial charge in [-0.2, -0.15) is 0 Å². The van der Waals surface area contributed by atoms with Gasteiger partial charge in [0, 0.05) is 16.6 Å². The van der Waals surface area contributed by atoms with E-state index in [2.05, 4.69) is 57.7 Å². The van der Waals surface area contributed by atoms with Crippen LogP contribution in [0.4, 0.5) is 0 Å². The van der Waals surface area contributed by atoms with Crippen LogP contribution in [0.15, 0.2) is 66.7 Å². The van der Waals surface area contributed by atoms with Gasteiger partial charge in [-0.3, -0.25) is 0 Å². The Kier molecular flexibility index (Phi) is 4.38. The summed E-state index contributed by atoms with van der Waals surface area (Å²) in [4.78, 5) is 12.3. The molecule has 0 heterocycles. The summed E-state index contributed by atoms with van der Waals surface area (Å²) in [6, 6.07) is 18.7. The second-order valence-electron chi connectivity index (χ2n) is 7.66. The minimum atomic E-state index is -0.368. The molecular weight excluding hydrogens is 308 g/mol. The minimum absolute atomic E-state index is 0.252. The average molecular weight is 332 g/mol. The highest BCUT2D eigenvalue weighted by molar-refractivity contribution is 6.03. The monoisotopic (exact) mass is 332 g/mol. The Labute approximate surface area is 149 Å². The van der Waals surface area contributed by atoms with Gasteiger partial charge in [-0.25, -0.2) is 4.79 Å². The third-order valence-electron chi connectivity index (χ3n) is 4.44. The molecule has 0 amide bonds. The number of esters is 1. The average Bonchev–Trinajstić information content (AvgIpc) is 2.56. The first-order valence-corrected chi connectivity index (χ1v) is 8.56. The number of hydrogen-bond acceptors (Lipinski definition) is 2. The van der Waals surface area contributed by atoms with Crippen molar-refractivity contribution in [3.8, 4) is 0 Å². The first-order valence-electron chi connectivity index (χ1n) is 8.56. The molecule has 0 aliphatic rings. The van der Waals surface area contributed by atoms with Crippen molar-refractivity contribution in [1.82, 2.24) is 0 Å². The summed E-state index contributed by atoms with van der Waals surface area (Å²) < 4.78 is 5.94. The van der Waals surface area contributed by atoms with Crippen LogP contribution in [0.3, 0.4) is 0 Å². The lowest BCUT2D eigenvalue weighted by molar-refractivity contribution is -0.150. The standard InChI is InChI=1S/C23H24O2/c1-15(2)22(24)25-21(23(3,4)5)20-18-12-8-6-10-16(18)14-17-11-7-9-13-19(17)20/h6-14,21H,1H2,2-5H3. The zero-order valence-corrected chi connectivity index (χ0v) is 15.3. The summed E-state index contributed by atoms with van der Waals surface area (Å²) in [6.45, 7) is 11.7. The lowest BCUT2D eigenvalue weighted by Gasteiger charge is -2.32. The van der Waals surface area contributed by atoms with Gasteiger partial charge in [0.15, 0.2) is 0 Å². The molecule has 3 aromatic carbocycles. The van der Waals surface area contributed by atoms with E-state index in [-0.39, 0.29) is 17.5 Å². The number of rotatable bonds is 3. The molecule has 0 fully saturated rings. The highest BCUT2D eigenvalue weighted by Crippen LogP contribution is 2.43. The van der Waals surface area contributed by atoms with Crippen molar-refractivity contribution in [2.45, 2.75) is 33.8 Å². The molecule has 25 heavy (non-hydrogen) atoms. The van der Waals surface area contributed by atoms with Gasteiger partial charge in [-0.1, -0.05) is 75.9 Å². The molecule has 128 valence electrons. The van der Waals surface area contributed by atoms with Crippen LogP contribution in [-0.2, 0) is 9.53 Å². The van der Waals surface area contributed by atoms with Gasteiger partial charge in [-0.05, 0) is 34.5 Å². The topological polar surface area (TPSA) is 26.3 Å².